The van der Waals surface area contributed by atoms with E-state index in [-0.39, 0.29) is 11.3 Å². The molecule has 7 heteroatoms. The van der Waals surface area contributed by atoms with Crippen molar-refractivity contribution in [1.29, 1.82) is 0 Å². The Kier molecular flexibility index (Phi) is 5.65. The van der Waals surface area contributed by atoms with Crippen LogP contribution in [0.3, 0.4) is 0 Å². The number of anilines is 1. The molecule has 0 bridgehead atoms. The molecule has 1 aromatic carbocycles. The van der Waals surface area contributed by atoms with Crippen molar-refractivity contribution in [3.05, 3.63) is 40.0 Å². The molecule has 2 aromatic rings. The fourth-order valence-corrected chi connectivity index (χ4v) is 2.22. The number of aromatic nitrogens is 2. The van der Waals surface area contributed by atoms with Gasteiger partial charge in [-0.05, 0) is 18.6 Å². The maximum Gasteiger partial charge on any atom is 0.226 e. The Morgan fingerprint density at radius 1 is 1.30 bits per heavy atom. The lowest BCUT2D eigenvalue weighted by Crippen LogP contribution is -2.13. The minimum atomic E-state index is -0.150. The average molecular weight is 356 g/mol. The summed E-state index contributed by atoms with van der Waals surface area (Å²) in [5.41, 5.74) is 0.361. The van der Waals surface area contributed by atoms with E-state index in [0.717, 1.165) is 0 Å². The molecule has 0 aliphatic carbocycles. The van der Waals surface area contributed by atoms with Gasteiger partial charge in [-0.25, -0.2) is 0 Å². The number of nitrogens with zero attached hydrogens (tertiary/aromatic N) is 2. The summed E-state index contributed by atoms with van der Waals surface area (Å²) in [5.74, 6) is 1.08. The molecule has 0 saturated heterocycles. The lowest BCUT2D eigenvalue weighted by Gasteiger charge is -2.10. The topological polar surface area (TPSA) is 68.0 Å². The van der Waals surface area contributed by atoms with Crippen LogP contribution in [-0.2, 0) is 16.6 Å². The molecule has 0 aliphatic heterocycles. The third kappa shape index (κ3) is 4.94. The van der Waals surface area contributed by atoms with E-state index in [1.165, 1.54) is 0 Å². The smallest absolute Gasteiger partial charge is 0.226 e. The van der Waals surface area contributed by atoms with Crippen molar-refractivity contribution in [2.75, 3.05) is 5.32 Å². The third-order valence-corrected chi connectivity index (χ3v) is 3.98. The molecule has 124 valence electrons. The summed E-state index contributed by atoms with van der Waals surface area (Å²) >= 11 is 11.9. The van der Waals surface area contributed by atoms with E-state index in [1.807, 2.05) is 20.8 Å². The first kappa shape index (κ1) is 17.8. The van der Waals surface area contributed by atoms with Crippen molar-refractivity contribution in [3.8, 4) is 0 Å². The van der Waals surface area contributed by atoms with Gasteiger partial charge in [-0.1, -0.05) is 55.2 Å². The second-order valence-corrected chi connectivity index (χ2v) is 7.05. The largest absolute Gasteiger partial charge is 0.339 e. The summed E-state index contributed by atoms with van der Waals surface area (Å²) in [5, 5.41) is 7.45. The Labute approximate surface area is 145 Å². The maximum absolute atomic E-state index is 12.0. The second-order valence-electron chi connectivity index (χ2n) is 6.26. The van der Waals surface area contributed by atoms with Crippen LogP contribution in [0.25, 0.3) is 0 Å². The van der Waals surface area contributed by atoms with E-state index >= 15 is 0 Å². The van der Waals surface area contributed by atoms with E-state index in [1.54, 1.807) is 18.2 Å². The van der Waals surface area contributed by atoms with Crippen LogP contribution in [0, 0.1) is 0 Å². The van der Waals surface area contributed by atoms with Crippen LogP contribution in [-0.4, -0.2) is 16.0 Å². The number of carbonyl (C=O) groups is 1. The number of hydrogen-bond donors (Lipinski definition) is 1. The lowest BCUT2D eigenvalue weighted by atomic mass is 9.96. The van der Waals surface area contributed by atoms with Gasteiger partial charge in [0.2, 0.25) is 11.8 Å². The summed E-state index contributed by atoms with van der Waals surface area (Å²) in [6.07, 6.45) is 1.49. The first-order valence-electron chi connectivity index (χ1n) is 7.34. The van der Waals surface area contributed by atoms with E-state index in [4.69, 9.17) is 27.7 Å². The first-order valence-corrected chi connectivity index (χ1v) is 8.10. The van der Waals surface area contributed by atoms with Gasteiger partial charge in [-0.2, -0.15) is 4.98 Å². The number of carbonyl (C=O) groups excluding carboxylic acids is 1. The van der Waals surface area contributed by atoms with Gasteiger partial charge < -0.3 is 9.84 Å². The average Bonchev–Trinajstić information content (AvgIpc) is 2.93. The molecule has 0 spiro atoms. The molecular weight excluding hydrogens is 337 g/mol. The maximum atomic E-state index is 12.0. The summed E-state index contributed by atoms with van der Waals surface area (Å²) in [6.45, 7) is 6.05. The molecule has 0 aliphatic rings. The third-order valence-electron chi connectivity index (χ3n) is 3.16. The number of amides is 1. The molecule has 0 saturated carbocycles. The van der Waals surface area contributed by atoms with Crippen molar-refractivity contribution in [2.45, 2.75) is 45.4 Å². The SMILES string of the molecule is CC(C)(C)c1noc(CCCC(=O)Nc2cccc(Cl)c2Cl)n1. The summed E-state index contributed by atoms with van der Waals surface area (Å²) in [6, 6.07) is 5.11. The Balaban J connectivity index is 1.83. The molecule has 0 fully saturated rings. The van der Waals surface area contributed by atoms with Gasteiger partial charge in [0.25, 0.3) is 0 Å². The van der Waals surface area contributed by atoms with E-state index in [0.29, 0.717) is 46.7 Å². The van der Waals surface area contributed by atoms with Crippen LogP contribution in [0.15, 0.2) is 22.7 Å². The van der Waals surface area contributed by atoms with Crippen LogP contribution in [0.4, 0.5) is 5.69 Å². The highest BCUT2D eigenvalue weighted by Gasteiger charge is 2.20. The van der Waals surface area contributed by atoms with Crippen LogP contribution in [0.2, 0.25) is 10.0 Å². The molecule has 0 atom stereocenters. The highest BCUT2D eigenvalue weighted by Crippen LogP contribution is 2.29. The van der Waals surface area contributed by atoms with Gasteiger partial charge in [-0.3, -0.25) is 4.79 Å². The Hall–Kier alpha value is -1.59. The van der Waals surface area contributed by atoms with Crippen molar-refractivity contribution in [1.82, 2.24) is 10.1 Å². The summed E-state index contributed by atoms with van der Waals surface area (Å²) in [4.78, 5) is 16.3. The molecule has 2 rings (SSSR count). The van der Waals surface area contributed by atoms with Gasteiger partial charge >= 0.3 is 0 Å². The van der Waals surface area contributed by atoms with Crippen LogP contribution < -0.4 is 5.32 Å². The molecular formula is C16H19Cl2N3O2. The molecule has 5 nitrogen and oxygen atoms in total. The Morgan fingerprint density at radius 2 is 2.04 bits per heavy atom. The van der Waals surface area contributed by atoms with E-state index in [2.05, 4.69) is 15.5 Å². The first-order chi connectivity index (χ1) is 10.8. The zero-order valence-electron chi connectivity index (χ0n) is 13.3. The number of hydrogen-bond acceptors (Lipinski definition) is 4. The fourth-order valence-electron chi connectivity index (χ4n) is 1.87. The predicted octanol–water partition coefficient (Wildman–Crippen LogP) is 4.64. The standard InChI is InChI=1S/C16H19Cl2N3O2/c1-16(2,3)15-20-13(23-21-15)9-5-8-12(22)19-11-7-4-6-10(17)14(11)18/h4,6-7H,5,8-9H2,1-3H3,(H,19,22). The van der Waals surface area contributed by atoms with Crippen molar-refractivity contribution in [3.63, 3.8) is 0 Å². The number of aryl methyl sites for hydroxylation is 1. The highest BCUT2D eigenvalue weighted by atomic mass is 35.5. The zero-order valence-corrected chi connectivity index (χ0v) is 14.8. The predicted molar refractivity (Wildman–Crippen MR) is 91.0 cm³/mol. The molecule has 1 N–H and O–H groups in total. The minimum absolute atomic E-state index is 0.135. The number of benzene rings is 1. The molecule has 1 amide bonds. The van der Waals surface area contributed by atoms with Gasteiger partial charge in [0, 0.05) is 18.3 Å². The van der Waals surface area contributed by atoms with E-state index in [9.17, 15) is 4.79 Å². The highest BCUT2D eigenvalue weighted by molar-refractivity contribution is 6.43. The van der Waals surface area contributed by atoms with Crippen molar-refractivity contribution < 1.29 is 9.32 Å². The lowest BCUT2D eigenvalue weighted by molar-refractivity contribution is -0.116. The van der Waals surface area contributed by atoms with Gasteiger partial charge in [0.1, 0.15) is 0 Å². The van der Waals surface area contributed by atoms with Crippen LogP contribution in [0.5, 0.6) is 0 Å². The molecule has 1 aromatic heterocycles. The normalized spacial score (nSPS) is 11.5. The van der Waals surface area contributed by atoms with Gasteiger partial charge in [-0.15, -0.1) is 0 Å². The molecule has 23 heavy (non-hydrogen) atoms. The number of rotatable bonds is 5. The molecule has 0 radical (unpaired) electrons. The van der Waals surface area contributed by atoms with Crippen molar-refractivity contribution in [2.24, 2.45) is 0 Å². The molecule has 0 unspecified atom stereocenters. The Morgan fingerprint density at radius 3 is 2.70 bits per heavy atom. The van der Waals surface area contributed by atoms with Crippen LogP contribution >= 0.6 is 23.2 Å². The number of halogens is 2. The Bertz CT molecular complexity index is 693. The monoisotopic (exact) mass is 355 g/mol. The second kappa shape index (κ2) is 7.32. The zero-order chi connectivity index (χ0) is 17.0. The minimum Gasteiger partial charge on any atom is -0.339 e. The molecule has 1 heterocycles. The fraction of sp³-hybridized carbons (Fsp3) is 0.438. The van der Waals surface area contributed by atoms with Crippen molar-refractivity contribution >= 4 is 34.8 Å². The summed E-state index contributed by atoms with van der Waals surface area (Å²) in [7, 11) is 0. The van der Waals surface area contributed by atoms with Crippen LogP contribution in [0.1, 0.15) is 45.3 Å². The number of nitrogens with one attached hydrogen (secondary N) is 1. The summed E-state index contributed by atoms with van der Waals surface area (Å²) < 4.78 is 5.19. The van der Waals surface area contributed by atoms with Gasteiger partial charge in [0.05, 0.1) is 15.7 Å². The quantitative estimate of drug-likeness (QED) is 0.848. The van der Waals surface area contributed by atoms with Gasteiger partial charge in [0.15, 0.2) is 5.82 Å². The van der Waals surface area contributed by atoms with E-state index < -0.39 is 0 Å².